The number of aryl methyl sites for hydroxylation is 2. The predicted octanol–water partition coefficient (Wildman–Crippen LogP) is 3.04. The van der Waals surface area contributed by atoms with Gasteiger partial charge in [0, 0.05) is 13.6 Å². The van der Waals surface area contributed by atoms with Crippen LogP contribution in [0.4, 0.5) is 0 Å². The fraction of sp³-hybridized carbons (Fsp3) is 0.263. The molecule has 126 valence electrons. The van der Waals surface area contributed by atoms with Crippen molar-refractivity contribution in [1.29, 1.82) is 0 Å². The number of carboxylic acid groups (broad SMARTS) is 1. The van der Waals surface area contributed by atoms with Crippen molar-refractivity contribution in [3.05, 3.63) is 64.7 Å². The Labute approximate surface area is 141 Å². The second-order valence-corrected chi connectivity index (χ2v) is 5.76. The van der Waals surface area contributed by atoms with Crippen molar-refractivity contribution < 1.29 is 19.4 Å². The minimum Gasteiger partial charge on any atom is -0.483 e. The molecule has 1 N–H and O–H groups in total. The zero-order valence-electron chi connectivity index (χ0n) is 14.1. The second kappa shape index (κ2) is 7.64. The van der Waals surface area contributed by atoms with Crippen molar-refractivity contribution in [2.24, 2.45) is 0 Å². The van der Waals surface area contributed by atoms with Gasteiger partial charge in [0.25, 0.3) is 5.91 Å². The molecule has 0 aromatic heterocycles. The molecule has 0 spiro atoms. The summed E-state index contributed by atoms with van der Waals surface area (Å²) in [6, 6.07) is 12.3. The molecule has 0 saturated heterocycles. The lowest BCUT2D eigenvalue weighted by molar-refractivity contribution is -0.132. The number of benzene rings is 2. The minimum absolute atomic E-state index is 0.0323. The highest BCUT2D eigenvalue weighted by atomic mass is 16.5. The number of likely N-dealkylation sites (N-methyl/N-ethyl adjacent to an activating group) is 1. The maximum Gasteiger partial charge on any atom is 0.335 e. The van der Waals surface area contributed by atoms with Crippen LogP contribution in [0.3, 0.4) is 0 Å². The molecule has 0 heterocycles. The third kappa shape index (κ3) is 4.35. The molecule has 0 atom stereocenters. The Bertz CT molecular complexity index is 717. The van der Waals surface area contributed by atoms with Crippen molar-refractivity contribution in [2.75, 3.05) is 13.7 Å². The molecule has 2 aromatic rings. The smallest absolute Gasteiger partial charge is 0.335 e. The summed E-state index contributed by atoms with van der Waals surface area (Å²) in [5, 5.41) is 8.89. The number of hydrogen-bond acceptors (Lipinski definition) is 3. The first kappa shape index (κ1) is 17.5. The molecule has 0 fully saturated rings. The van der Waals surface area contributed by atoms with E-state index in [9.17, 15) is 9.59 Å². The number of carboxylic acids is 1. The van der Waals surface area contributed by atoms with Crippen LogP contribution < -0.4 is 4.74 Å². The summed E-state index contributed by atoms with van der Waals surface area (Å²) in [7, 11) is 1.70. The van der Waals surface area contributed by atoms with E-state index in [4.69, 9.17) is 9.84 Å². The van der Waals surface area contributed by atoms with E-state index in [-0.39, 0.29) is 18.1 Å². The molecule has 0 aliphatic heterocycles. The van der Waals surface area contributed by atoms with Crippen LogP contribution in [0.1, 0.15) is 27.0 Å². The van der Waals surface area contributed by atoms with E-state index in [1.807, 2.05) is 32.0 Å². The summed E-state index contributed by atoms with van der Waals surface area (Å²) in [4.78, 5) is 24.6. The number of hydrogen-bond donors (Lipinski definition) is 1. The first-order valence-electron chi connectivity index (χ1n) is 7.63. The van der Waals surface area contributed by atoms with E-state index in [0.29, 0.717) is 6.54 Å². The molecule has 5 heteroatoms. The molecule has 0 aliphatic rings. The number of para-hydroxylation sites is 1. The highest BCUT2D eigenvalue weighted by Crippen LogP contribution is 2.22. The summed E-state index contributed by atoms with van der Waals surface area (Å²) >= 11 is 0. The molecule has 0 radical (unpaired) electrons. The summed E-state index contributed by atoms with van der Waals surface area (Å²) in [6.45, 7) is 4.26. The van der Waals surface area contributed by atoms with Gasteiger partial charge in [0.05, 0.1) is 5.56 Å². The first-order chi connectivity index (χ1) is 11.4. The standard InChI is InChI=1S/C19H21NO4/c1-13-5-4-6-14(2)18(13)24-12-17(21)20(3)11-15-7-9-16(10-8-15)19(22)23/h4-10H,11-12H2,1-3H3,(H,22,23). The number of aromatic carboxylic acids is 1. The molecule has 1 amide bonds. The van der Waals surface area contributed by atoms with Gasteiger partial charge < -0.3 is 14.7 Å². The fourth-order valence-electron chi connectivity index (χ4n) is 2.39. The Morgan fingerprint density at radius 2 is 1.62 bits per heavy atom. The average Bonchev–Trinajstić information content (AvgIpc) is 2.54. The lowest BCUT2D eigenvalue weighted by Crippen LogP contribution is -2.31. The molecule has 2 rings (SSSR count). The van der Waals surface area contributed by atoms with E-state index in [2.05, 4.69) is 0 Å². The Morgan fingerprint density at radius 1 is 1.04 bits per heavy atom. The molecule has 24 heavy (non-hydrogen) atoms. The van der Waals surface area contributed by atoms with E-state index < -0.39 is 5.97 Å². The van der Waals surface area contributed by atoms with Gasteiger partial charge in [-0.05, 0) is 42.7 Å². The van der Waals surface area contributed by atoms with Gasteiger partial charge in [0.15, 0.2) is 6.61 Å². The number of amides is 1. The van der Waals surface area contributed by atoms with Gasteiger partial charge >= 0.3 is 5.97 Å². The highest BCUT2D eigenvalue weighted by molar-refractivity contribution is 5.87. The van der Waals surface area contributed by atoms with E-state index >= 15 is 0 Å². The zero-order valence-corrected chi connectivity index (χ0v) is 14.1. The number of carbonyl (C=O) groups is 2. The topological polar surface area (TPSA) is 66.8 Å². The van der Waals surface area contributed by atoms with Crippen molar-refractivity contribution >= 4 is 11.9 Å². The van der Waals surface area contributed by atoms with Crippen LogP contribution in [-0.4, -0.2) is 35.5 Å². The van der Waals surface area contributed by atoms with Crippen LogP contribution in [-0.2, 0) is 11.3 Å². The van der Waals surface area contributed by atoms with Crippen molar-refractivity contribution in [3.8, 4) is 5.75 Å². The fourth-order valence-corrected chi connectivity index (χ4v) is 2.39. The van der Waals surface area contributed by atoms with Crippen molar-refractivity contribution in [3.63, 3.8) is 0 Å². The van der Waals surface area contributed by atoms with E-state index in [1.54, 1.807) is 24.1 Å². The Balaban J connectivity index is 1.93. The zero-order chi connectivity index (χ0) is 17.7. The molecular weight excluding hydrogens is 306 g/mol. The monoisotopic (exact) mass is 327 g/mol. The summed E-state index contributed by atoms with van der Waals surface area (Å²) in [6.07, 6.45) is 0. The van der Waals surface area contributed by atoms with Crippen molar-refractivity contribution in [2.45, 2.75) is 20.4 Å². The molecule has 2 aromatic carbocycles. The lowest BCUT2D eigenvalue weighted by Gasteiger charge is -2.19. The maximum atomic E-state index is 12.2. The SMILES string of the molecule is Cc1cccc(C)c1OCC(=O)N(C)Cc1ccc(C(=O)O)cc1. The number of carbonyl (C=O) groups excluding carboxylic acids is 1. The van der Waals surface area contributed by atoms with Crippen LogP contribution in [0.15, 0.2) is 42.5 Å². The normalized spacial score (nSPS) is 10.3. The third-order valence-corrected chi connectivity index (χ3v) is 3.80. The Morgan fingerprint density at radius 3 is 2.17 bits per heavy atom. The van der Waals surface area contributed by atoms with Gasteiger partial charge in [-0.25, -0.2) is 4.79 Å². The third-order valence-electron chi connectivity index (χ3n) is 3.80. The largest absolute Gasteiger partial charge is 0.483 e. The van der Waals surface area contributed by atoms with Gasteiger partial charge in [0.1, 0.15) is 5.75 Å². The lowest BCUT2D eigenvalue weighted by atomic mass is 10.1. The summed E-state index contributed by atoms with van der Waals surface area (Å²) in [5.74, 6) is -0.363. The molecule has 0 unspecified atom stereocenters. The molecular formula is C19H21NO4. The second-order valence-electron chi connectivity index (χ2n) is 5.76. The van der Waals surface area contributed by atoms with Crippen LogP contribution in [0.2, 0.25) is 0 Å². The minimum atomic E-state index is -0.965. The highest BCUT2D eigenvalue weighted by Gasteiger charge is 2.12. The van der Waals surface area contributed by atoms with E-state index in [0.717, 1.165) is 22.4 Å². The van der Waals surface area contributed by atoms with Gasteiger partial charge in [-0.3, -0.25) is 4.79 Å². The number of ether oxygens (including phenoxy) is 1. The van der Waals surface area contributed by atoms with Crippen LogP contribution >= 0.6 is 0 Å². The average molecular weight is 327 g/mol. The van der Waals surface area contributed by atoms with Crippen LogP contribution in [0, 0.1) is 13.8 Å². The van der Waals surface area contributed by atoms with E-state index in [1.165, 1.54) is 12.1 Å². The van der Waals surface area contributed by atoms with Crippen molar-refractivity contribution in [1.82, 2.24) is 4.90 Å². The first-order valence-corrected chi connectivity index (χ1v) is 7.63. The molecule has 0 saturated carbocycles. The molecule has 0 bridgehead atoms. The Hall–Kier alpha value is -2.82. The maximum absolute atomic E-state index is 12.2. The predicted molar refractivity (Wildman–Crippen MR) is 91.3 cm³/mol. The summed E-state index contributed by atoms with van der Waals surface area (Å²) in [5.41, 5.74) is 3.08. The molecule has 0 aliphatic carbocycles. The van der Waals surface area contributed by atoms with Crippen LogP contribution in [0.25, 0.3) is 0 Å². The van der Waals surface area contributed by atoms with Gasteiger partial charge in [-0.1, -0.05) is 30.3 Å². The van der Waals surface area contributed by atoms with Gasteiger partial charge in [-0.15, -0.1) is 0 Å². The molecule has 5 nitrogen and oxygen atoms in total. The number of rotatable bonds is 6. The van der Waals surface area contributed by atoms with Gasteiger partial charge in [-0.2, -0.15) is 0 Å². The van der Waals surface area contributed by atoms with Gasteiger partial charge in [0.2, 0.25) is 0 Å². The Kier molecular flexibility index (Phi) is 5.58. The summed E-state index contributed by atoms with van der Waals surface area (Å²) < 4.78 is 5.67. The van der Waals surface area contributed by atoms with Crippen LogP contribution in [0.5, 0.6) is 5.75 Å². The quantitative estimate of drug-likeness (QED) is 0.885. The number of nitrogens with zero attached hydrogens (tertiary/aromatic N) is 1.